The van der Waals surface area contributed by atoms with Gasteiger partial charge in [-0.05, 0) is 37.5 Å². The molecule has 5 heteroatoms. The molecule has 2 N–H and O–H groups in total. The van der Waals surface area contributed by atoms with E-state index in [9.17, 15) is 0 Å². The van der Waals surface area contributed by atoms with Crippen molar-refractivity contribution in [2.24, 2.45) is 5.73 Å². The lowest BCUT2D eigenvalue weighted by Gasteiger charge is -2.15. The molecule has 19 heavy (non-hydrogen) atoms. The van der Waals surface area contributed by atoms with Crippen LogP contribution in [0.25, 0.3) is 0 Å². The number of rotatable bonds is 8. The first kappa shape index (κ1) is 16.6. The summed E-state index contributed by atoms with van der Waals surface area (Å²) >= 11 is 12.2. The van der Waals surface area contributed by atoms with E-state index in [-0.39, 0.29) is 6.04 Å². The maximum absolute atomic E-state index is 6.17. The summed E-state index contributed by atoms with van der Waals surface area (Å²) in [6.45, 7) is 5.75. The number of halogens is 2. The maximum atomic E-state index is 6.17. The topological polar surface area (TPSA) is 44.5 Å². The van der Waals surface area contributed by atoms with E-state index >= 15 is 0 Å². The number of benzene rings is 1. The minimum atomic E-state index is 0.0215. The fraction of sp³-hybridized carbons (Fsp3) is 0.571. The number of nitrogens with two attached hydrogens (primary N) is 1. The van der Waals surface area contributed by atoms with E-state index in [0.717, 1.165) is 18.6 Å². The van der Waals surface area contributed by atoms with E-state index in [4.69, 9.17) is 38.4 Å². The standard InChI is InChI=1S/C14H21Cl2NO2/c1-3-4-18-5-6-19-14-11(7-10(2)17)8-12(15)9-13(14)16/h8-10H,3-7,17H2,1-2H3. The molecule has 0 amide bonds. The van der Waals surface area contributed by atoms with E-state index in [0.29, 0.717) is 35.4 Å². The molecule has 1 atom stereocenters. The summed E-state index contributed by atoms with van der Waals surface area (Å²) in [5.41, 5.74) is 6.75. The van der Waals surface area contributed by atoms with Crippen LogP contribution in [0.2, 0.25) is 10.0 Å². The zero-order valence-electron chi connectivity index (χ0n) is 11.4. The highest BCUT2D eigenvalue weighted by Gasteiger charge is 2.12. The lowest BCUT2D eigenvalue weighted by atomic mass is 10.1. The Balaban J connectivity index is 2.68. The van der Waals surface area contributed by atoms with E-state index < -0.39 is 0 Å². The fourth-order valence-corrected chi connectivity index (χ4v) is 2.31. The van der Waals surface area contributed by atoms with E-state index in [1.807, 2.05) is 13.0 Å². The highest BCUT2D eigenvalue weighted by Crippen LogP contribution is 2.33. The van der Waals surface area contributed by atoms with E-state index in [1.165, 1.54) is 0 Å². The summed E-state index contributed by atoms with van der Waals surface area (Å²) in [5.74, 6) is 0.656. The van der Waals surface area contributed by atoms with Crippen LogP contribution in [-0.4, -0.2) is 25.9 Å². The molecular formula is C14H21Cl2NO2. The van der Waals surface area contributed by atoms with Crippen LogP contribution >= 0.6 is 23.2 Å². The molecule has 0 saturated heterocycles. The number of ether oxygens (including phenoxy) is 2. The van der Waals surface area contributed by atoms with Gasteiger partial charge in [-0.1, -0.05) is 30.1 Å². The maximum Gasteiger partial charge on any atom is 0.141 e. The Morgan fingerprint density at radius 1 is 1.21 bits per heavy atom. The molecule has 108 valence electrons. The third-order valence-electron chi connectivity index (χ3n) is 2.45. The molecule has 0 aliphatic rings. The van der Waals surface area contributed by atoms with Crippen molar-refractivity contribution in [2.75, 3.05) is 19.8 Å². The molecule has 0 heterocycles. The van der Waals surface area contributed by atoms with Crippen molar-refractivity contribution in [3.05, 3.63) is 27.7 Å². The Morgan fingerprint density at radius 2 is 1.95 bits per heavy atom. The molecule has 0 saturated carbocycles. The lowest BCUT2D eigenvalue weighted by molar-refractivity contribution is 0.100. The predicted molar refractivity (Wildman–Crippen MR) is 80.4 cm³/mol. The summed E-state index contributed by atoms with van der Waals surface area (Å²) < 4.78 is 11.1. The lowest BCUT2D eigenvalue weighted by Crippen LogP contribution is -2.19. The van der Waals surface area contributed by atoms with Crippen LogP contribution in [0.1, 0.15) is 25.8 Å². The molecular weight excluding hydrogens is 285 g/mol. The second-order valence-corrected chi connectivity index (χ2v) is 5.36. The molecule has 1 rings (SSSR count). The Kier molecular flexibility index (Phi) is 7.54. The van der Waals surface area contributed by atoms with Gasteiger partial charge in [-0.2, -0.15) is 0 Å². The van der Waals surface area contributed by atoms with Crippen LogP contribution in [0, 0.1) is 0 Å². The molecule has 3 nitrogen and oxygen atoms in total. The SMILES string of the molecule is CCCOCCOc1c(Cl)cc(Cl)cc1CC(C)N. The molecule has 0 fully saturated rings. The van der Waals surface area contributed by atoms with E-state index in [2.05, 4.69) is 6.92 Å². The van der Waals surface area contributed by atoms with E-state index in [1.54, 1.807) is 6.07 Å². The average molecular weight is 306 g/mol. The Morgan fingerprint density at radius 3 is 2.58 bits per heavy atom. The smallest absolute Gasteiger partial charge is 0.141 e. The van der Waals surface area contributed by atoms with Crippen molar-refractivity contribution in [3.63, 3.8) is 0 Å². The van der Waals surface area contributed by atoms with Gasteiger partial charge >= 0.3 is 0 Å². The summed E-state index contributed by atoms with van der Waals surface area (Å²) in [5, 5.41) is 1.11. The van der Waals surface area contributed by atoms with Gasteiger partial charge in [0, 0.05) is 17.7 Å². The summed E-state index contributed by atoms with van der Waals surface area (Å²) in [6.07, 6.45) is 1.67. The first-order valence-corrected chi connectivity index (χ1v) is 7.24. The molecule has 0 aliphatic carbocycles. The van der Waals surface area contributed by atoms with Gasteiger partial charge in [-0.25, -0.2) is 0 Å². The largest absolute Gasteiger partial charge is 0.489 e. The zero-order valence-corrected chi connectivity index (χ0v) is 12.9. The second-order valence-electron chi connectivity index (χ2n) is 4.52. The highest BCUT2D eigenvalue weighted by atomic mass is 35.5. The first-order valence-electron chi connectivity index (χ1n) is 6.48. The van der Waals surface area contributed by atoms with Crippen LogP contribution in [-0.2, 0) is 11.2 Å². The summed E-state index contributed by atoms with van der Waals surface area (Å²) in [7, 11) is 0. The minimum absolute atomic E-state index is 0.0215. The third kappa shape index (κ3) is 6.00. The third-order valence-corrected chi connectivity index (χ3v) is 2.95. The van der Waals surface area contributed by atoms with Crippen molar-refractivity contribution < 1.29 is 9.47 Å². The summed E-state index contributed by atoms with van der Waals surface area (Å²) in [4.78, 5) is 0. The molecule has 0 radical (unpaired) electrons. The van der Waals surface area contributed by atoms with Gasteiger partial charge in [-0.3, -0.25) is 0 Å². The Hall–Kier alpha value is -0.480. The molecule has 1 aromatic carbocycles. The van der Waals surface area contributed by atoms with Crippen LogP contribution in [0.3, 0.4) is 0 Å². The highest BCUT2D eigenvalue weighted by molar-refractivity contribution is 6.35. The molecule has 0 spiro atoms. The van der Waals surface area contributed by atoms with Crippen molar-refractivity contribution in [1.82, 2.24) is 0 Å². The quantitative estimate of drug-likeness (QED) is 0.745. The van der Waals surface area contributed by atoms with Gasteiger partial charge in [0.05, 0.1) is 11.6 Å². The van der Waals surface area contributed by atoms with Gasteiger partial charge in [0.25, 0.3) is 0 Å². The van der Waals surface area contributed by atoms with Gasteiger partial charge in [0.1, 0.15) is 12.4 Å². The second kappa shape index (κ2) is 8.64. The van der Waals surface area contributed by atoms with Crippen molar-refractivity contribution in [1.29, 1.82) is 0 Å². The van der Waals surface area contributed by atoms with Gasteiger partial charge in [0.2, 0.25) is 0 Å². The zero-order chi connectivity index (χ0) is 14.3. The van der Waals surface area contributed by atoms with Gasteiger partial charge < -0.3 is 15.2 Å². The van der Waals surface area contributed by atoms with Crippen molar-refractivity contribution in [3.8, 4) is 5.75 Å². The van der Waals surface area contributed by atoms with Crippen molar-refractivity contribution >= 4 is 23.2 Å². The minimum Gasteiger partial charge on any atom is -0.489 e. The number of hydrogen-bond acceptors (Lipinski definition) is 3. The Labute approximate surface area is 125 Å². The van der Waals surface area contributed by atoms with Gasteiger partial charge in [0.15, 0.2) is 0 Å². The average Bonchev–Trinajstić information content (AvgIpc) is 2.30. The van der Waals surface area contributed by atoms with Crippen LogP contribution in [0.15, 0.2) is 12.1 Å². The molecule has 1 aromatic rings. The number of hydrogen-bond donors (Lipinski definition) is 1. The summed E-state index contributed by atoms with van der Waals surface area (Å²) in [6, 6.07) is 3.54. The van der Waals surface area contributed by atoms with Gasteiger partial charge in [-0.15, -0.1) is 0 Å². The monoisotopic (exact) mass is 305 g/mol. The molecule has 0 bridgehead atoms. The molecule has 1 unspecified atom stereocenters. The Bertz CT molecular complexity index is 397. The first-order chi connectivity index (χ1) is 9.04. The molecule has 0 aliphatic heterocycles. The fourth-order valence-electron chi connectivity index (χ4n) is 1.72. The van der Waals surface area contributed by atoms with Crippen LogP contribution in [0.4, 0.5) is 0 Å². The van der Waals surface area contributed by atoms with Crippen molar-refractivity contribution in [2.45, 2.75) is 32.7 Å². The van der Waals surface area contributed by atoms with Crippen LogP contribution in [0.5, 0.6) is 5.75 Å². The predicted octanol–water partition coefficient (Wildman–Crippen LogP) is 3.69. The van der Waals surface area contributed by atoms with Crippen LogP contribution < -0.4 is 10.5 Å². The molecule has 0 aromatic heterocycles. The normalized spacial score (nSPS) is 12.5.